The van der Waals surface area contributed by atoms with Crippen LogP contribution in [0.3, 0.4) is 0 Å². The lowest BCUT2D eigenvalue weighted by atomic mass is 10.1. The first-order valence-electron chi connectivity index (χ1n) is 6.05. The molecule has 0 spiro atoms. The number of rotatable bonds is 4. The number of carbonyl (C=O) groups is 1. The minimum absolute atomic E-state index is 0.313. The van der Waals surface area contributed by atoms with Gasteiger partial charge in [-0.15, -0.1) is 11.3 Å². The zero-order valence-electron chi connectivity index (χ0n) is 9.82. The molecule has 2 rings (SSSR count). The van der Waals surface area contributed by atoms with E-state index in [-0.39, 0.29) is 0 Å². The fourth-order valence-electron chi connectivity index (χ4n) is 2.33. The molecule has 1 aliphatic rings. The molecule has 3 heteroatoms. The van der Waals surface area contributed by atoms with Gasteiger partial charge in [-0.2, -0.15) is 0 Å². The number of likely N-dealkylation sites (N-methyl/N-ethyl adjacent to an activating group) is 1. The van der Waals surface area contributed by atoms with Crippen molar-refractivity contribution in [1.82, 2.24) is 4.90 Å². The summed E-state index contributed by atoms with van der Waals surface area (Å²) in [6.45, 7) is 0.857. The van der Waals surface area contributed by atoms with Gasteiger partial charge in [-0.25, -0.2) is 0 Å². The molecular formula is C13H19NOS. The minimum atomic E-state index is 0.313. The number of hydrogen-bond acceptors (Lipinski definition) is 2. The first-order chi connectivity index (χ1) is 7.77. The Hall–Kier alpha value is -0.830. The van der Waals surface area contributed by atoms with Crippen molar-refractivity contribution in [1.29, 1.82) is 0 Å². The van der Waals surface area contributed by atoms with Crippen molar-refractivity contribution in [2.24, 2.45) is 5.92 Å². The monoisotopic (exact) mass is 237 g/mol. The highest BCUT2D eigenvalue weighted by atomic mass is 32.1. The Labute approximate surface area is 101 Å². The van der Waals surface area contributed by atoms with Crippen LogP contribution < -0.4 is 0 Å². The summed E-state index contributed by atoms with van der Waals surface area (Å²) < 4.78 is 0. The fraction of sp³-hybridized carbons (Fsp3) is 0.615. The molecule has 1 amide bonds. The highest BCUT2D eigenvalue weighted by molar-refractivity contribution is 7.09. The Balaban J connectivity index is 1.78. The van der Waals surface area contributed by atoms with Crippen LogP contribution in [-0.4, -0.2) is 24.4 Å². The summed E-state index contributed by atoms with van der Waals surface area (Å²) in [6, 6.07) is 4.21. The van der Waals surface area contributed by atoms with E-state index in [2.05, 4.69) is 17.5 Å². The highest BCUT2D eigenvalue weighted by Gasteiger charge is 2.25. The van der Waals surface area contributed by atoms with Crippen LogP contribution in [0.1, 0.15) is 30.6 Å². The van der Waals surface area contributed by atoms with Crippen LogP contribution in [0, 0.1) is 5.92 Å². The van der Waals surface area contributed by atoms with E-state index in [4.69, 9.17) is 0 Å². The lowest BCUT2D eigenvalue weighted by Gasteiger charge is -2.20. The van der Waals surface area contributed by atoms with Gasteiger partial charge in [0.05, 0.1) is 0 Å². The van der Waals surface area contributed by atoms with Gasteiger partial charge in [0.1, 0.15) is 0 Å². The normalized spacial score (nSPS) is 16.6. The first-order valence-corrected chi connectivity index (χ1v) is 6.92. The lowest BCUT2D eigenvalue weighted by Crippen LogP contribution is -2.33. The average Bonchev–Trinajstić information content (AvgIpc) is 2.96. The van der Waals surface area contributed by atoms with Crippen LogP contribution in [0.15, 0.2) is 17.5 Å². The van der Waals surface area contributed by atoms with Gasteiger partial charge in [-0.05, 0) is 30.7 Å². The first kappa shape index (κ1) is 11.6. The molecule has 16 heavy (non-hydrogen) atoms. The zero-order chi connectivity index (χ0) is 11.4. The molecule has 0 radical (unpaired) electrons. The largest absolute Gasteiger partial charge is 0.345 e. The van der Waals surface area contributed by atoms with E-state index in [0.717, 1.165) is 25.8 Å². The van der Waals surface area contributed by atoms with E-state index >= 15 is 0 Å². The second kappa shape index (κ2) is 5.48. The summed E-state index contributed by atoms with van der Waals surface area (Å²) in [4.78, 5) is 15.3. The van der Waals surface area contributed by atoms with Gasteiger partial charge in [0.15, 0.2) is 0 Å². The fourth-order valence-corrected chi connectivity index (χ4v) is 3.03. The minimum Gasteiger partial charge on any atom is -0.345 e. The third-order valence-corrected chi connectivity index (χ3v) is 4.29. The quantitative estimate of drug-likeness (QED) is 0.788. The molecule has 2 nitrogen and oxygen atoms in total. The maximum Gasteiger partial charge on any atom is 0.225 e. The SMILES string of the molecule is CN(CCc1cccs1)C(=O)C1CCCC1. The molecule has 0 bridgehead atoms. The third-order valence-electron chi connectivity index (χ3n) is 3.35. The number of hydrogen-bond donors (Lipinski definition) is 0. The van der Waals surface area contributed by atoms with E-state index in [0.29, 0.717) is 11.8 Å². The van der Waals surface area contributed by atoms with Gasteiger partial charge >= 0.3 is 0 Å². The molecule has 0 N–H and O–H groups in total. The van der Waals surface area contributed by atoms with Gasteiger partial charge < -0.3 is 4.90 Å². The summed E-state index contributed by atoms with van der Waals surface area (Å²) in [5, 5.41) is 2.09. The number of carbonyl (C=O) groups excluding carboxylic acids is 1. The van der Waals surface area contributed by atoms with E-state index in [1.165, 1.54) is 17.7 Å². The van der Waals surface area contributed by atoms with Crippen LogP contribution in [0.5, 0.6) is 0 Å². The van der Waals surface area contributed by atoms with Gasteiger partial charge in [0.2, 0.25) is 5.91 Å². The summed E-state index contributed by atoms with van der Waals surface area (Å²) in [6.07, 6.45) is 5.65. The third kappa shape index (κ3) is 2.85. The van der Waals surface area contributed by atoms with Gasteiger partial charge in [-0.3, -0.25) is 4.79 Å². The molecule has 1 heterocycles. The van der Waals surface area contributed by atoms with E-state index < -0.39 is 0 Å². The van der Waals surface area contributed by atoms with Gasteiger partial charge in [-0.1, -0.05) is 18.9 Å². The highest BCUT2D eigenvalue weighted by Crippen LogP contribution is 2.26. The number of thiophene rings is 1. The van der Waals surface area contributed by atoms with Crippen LogP contribution in [0.25, 0.3) is 0 Å². The predicted molar refractivity (Wildman–Crippen MR) is 67.6 cm³/mol. The Morgan fingerprint density at radius 1 is 1.50 bits per heavy atom. The second-order valence-corrected chi connectivity index (χ2v) is 5.60. The van der Waals surface area contributed by atoms with Crippen molar-refractivity contribution in [3.05, 3.63) is 22.4 Å². The molecule has 0 saturated heterocycles. The van der Waals surface area contributed by atoms with Gasteiger partial charge in [0.25, 0.3) is 0 Å². The van der Waals surface area contributed by atoms with Crippen molar-refractivity contribution in [2.75, 3.05) is 13.6 Å². The smallest absolute Gasteiger partial charge is 0.225 e. The maximum atomic E-state index is 12.0. The Morgan fingerprint density at radius 3 is 2.88 bits per heavy atom. The Bertz CT molecular complexity index is 328. The summed E-state index contributed by atoms with van der Waals surface area (Å²) >= 11 is 1.77. The van der Waals surface area contributed by atoms with Crippen LogP contribution >= 0.6 is 11.3 Å². The average molecular weight is 237 g/mol. The maximum absolute atomic E-state index is 12.0. The molecule has 1 saturated carbocycles. The molecule has 0 atom stereocenters. The number of amides is 1. The van der Waals surface area contributed by atoms with Crippen molar-refractivity contribution in [3.63, 3.8) is 0 Å². The zero-order valence-corrected chi connectivity index (χ0v) is 10.6. The molecule has 1 fully saturated rings. The van der Waals surface area contributed by atoms with E-state index in [1.807, 2.05) is 11.9 Å². The molecule has 1 aromatic heterocycles. The lowest BCUT2D eigenvalue weighted by molar-refractivity contribution is -0.133. The molecule has 0 aliphatic heterocycles. The molecule has 1 aliphatic carbocycles. The van der Waals surface area contributed by atoms with Crippen molar-refractivity contribution >= 4 is 17.2 Å². The molecule has 0 unspecified atom stereocenters. The van der Waals surface area contributed by atoms with Crippen molar-refractivity contribution < 1.29 is 4.79 Å². The summed E-state index contributed by atoms with van der Waals surface area (Å²) in [7, 11) is 1.94. The van der Waals surface area contributed by atoms with Crippen LogP contribution in [0.4, 0.5) is 0 Å². The Morgan fingerprint density at radius 2 is 2.25 bits per heavy atom. The summed E-state index contributed by atoms with van der Waals surface area (Å²) in [5.41, 5.74) is 0. The van der Waals surface area contributed by atoms with Crippen molar-refractivity contribution in [2.45, 2.75) is 32.1 Å². The topological polar surface area (TPSA) is 20.3 Å². The summed E-state index contributed by atoms with van der Waals surface area (Å²) in [5.74, 6) is 0.669. The van der Waals surface area contributed by atoms with Crippen LogP contribution in [-0.2, 0) is 11.2 Å². The van der Waals surface area contributed by atoms with Gasteiger partial charge in [0, 0.05) is 24.4 Å². The second-order valence-electron chi connectivity index (χ2n) is 4.57. The van der Waals surface area contributed by atoms with E-state index in [1.54, 1.807) is 11.3 Å². The van der Waals surface area contributed by atoms with E-state index in [9.17, 15) is 4.79 Å². The molecule has 1 aromatic rings. The standard InChI is InChI=1S/C13H19NOS/c1-14(9-8-12-7-4-10-16-12)13(15)11-5-2-3-6-11/h4,7,10-11H,2-3,5-6,8-9H2,1H3. The molecule has 0 aromatic carbocycles. The van der Waals surface area contributed by atoms with Crippen LogP contribution in [0.2, 0.25) is 0 Å². The predicted octanol–water partition coefficient (Wildman–Crippen LogP) is 2.94. The Kier molecular flexibility index (Phi) is 3.99. The van der Waals surface area contributed by atoms with Crippen molar-refractivity contribution in [3.8, 4) is 0 Å². The molecular weight excluding hydrogens is 218 g/mol. The molecule has 88 valence electrons. The number of nitrogens with zero attached hydrogens (tertiary/aromatic N) is 1.